The van der Waals surface area contributed by atoms with E-state index < -0.39 is 5.41 Å². The predicted octanol–water partition coefficient (Wildman–Crippen LogP) is 1.57. The van der Waals surface area contributed by atoms with Crippen molar-refractivity contribution in [3.05, 3.63) is 31.2 Å². The number of allylic oxidation sites excluding steroid dienone is 4. The van der Waals surface area contributed by atoms with Crippen LogP contribution in [0, 0.1) is 35.0 Å². The zero-order chi connectivity index (χ0) is 9.53. The van der Waals surface area contributed by atoms with Crippen LogP contribution in [-0.4, -0.2) is 6.29 Å². The predicted molar refractivity (Wildman–Crippen MR) is 47.9 cm³/mol. The number of rotatable bonds is 2. The van der Waals surface area contributed by atoms with E-state index in [1.807, 2.05) is 30.6 Å². The molecule has 3 atom stereocenters. The van der Waals surface area contributed by atoms with Crippen LogP contribution < -0.4 is 0 Å². The molecule has 2 aliphatic rings. The van der Waals surface area contributed by atoms with Crippen LogP contribution in [0.4, 0.5) is 0 Å². The maximum Gasteiger partial charge on any atom is 0.0411 e. The monoisotopic (exact) mass is 260 g/mol. The van der Waals surface area contributed by atoms with Gasteiger partial charge in [0.25, 0.3) is 0 Å². The molecule has 0 aromatic rings. The number of hydrogen-bond donors (Lipinski definition) is 0. The fourth-order valence-electron chi connectivity index (χ4n) is 2.33. The Hall–Kier alpha value is -0.256. The summed E-state index contributed by atoms with van der Waals surface area (Å²) in [5.74, 6) is -0.00926. The van der Waals surface area contributed by atoms with E-state index in [-0.39, 0.29) is 44.0 Å². The normalized spacial score (nSPS) is 41.9. The molecular weight excluding hydrogens is 251 g/mol. The average molecular weight is 260 g/mol. The Kier molecular flexibility index (Phi) is 3.14. The van der Waals surface area contributed by atoms with Crippen molar-refractivity contribution in [3.8, 4) is 6.07 Å². The number of hydrogen-bond acceptors (Lipinski definition) is 2. The number of carbonyl (C=O) groups excluding carboxylic acids is 1. The molecule has 14 heavy (non-hydrogen) atoms. The number of nitrogens with zero attached hydrogens (tertiary/aromatic N) is 1. The maximum absolute atomic E-state index is 10.8. The van der Waals surface area contributed by atoms with Gasteiger partial charge in [0.15, 0.2) is 0 Å². The molecule has 0 unspecified atom stereocenters. The summed E-state index contributed by atoms with van der Waals surface area (Å²) in [5.41, 5.74) is -1.32. The van der Waals surface area contributed by atoms with E-state index in [1.165, 1.54) is 0 Å². The van der Waals surface area contributed by atoms with E-state index in [0.29, 0.717) is 6.42 Å². The molecule has 0 N–H and O–H groups in total. The van der Waals surface area contributed by atoms with E-state index >= 15 is 0 Å². The summed E-state index contributed by atoms with van der Waals surface area (Å²) < 4.78 is 0. The van der Waals surface area contributed by atoms with Gasteiger partial charge in [-0.15, -0.1) is 0 Å². The first kappa shape index (κ1) is 11.8. The first-order valence-corrected chi connectivity index (χ1v) is 4.23. The molecular formula is C11H9NOY-2. The van der Waals surface area contributed by atoms with Crippen molar-refractivity contribution in [2.75, 3.05) is 0 Å². The van der Waals surface area contributed by atoms with Gasteiger partial charge in [-0.05, 0) is 16.7 Å². The average Bonchev–Trinajstić information content (AvgIpc) is 2.81. The first-order chi connectivity index (χ1) is 6.27. The van der Waals surface area contributed by atoms with Crippen LogP contribution in [0.1, 0.15) is 6.42 Å². The van der Waals surface area contributed by atoms with Crippen molar-refractivity contribution in [1.29, 1.82) is 5.26 Å². The topological polar surface area (TPSA) is 40.9 Å². The van der Waals surface area contributed by atoms with Gasteiger partial charge in [0, 0.05) is 38.8 Å². The fraction of sp³-hybridized carbons (Fsp3) is 0.364. The summed E-state index contributed by atoms with van der Waals surface area (Å²) >= 11 is 0. The molecule has 3 heteroatoms. The van der Waals surface area contributed by atoms with Crippen molar-refractivity contribution in [3.63, 3.8) is 0 Å². The van der Waals surface area contributed by atoms with E-state index in [1.54, 1.807) is 0 Å². The van der Waals surface area contributed by atoms with Gasteiger partial charge in [0.1, 0.15) is 0 Å². The third-order valence-corrected chi connectivity index (χ3v) is 3.23. The smallest absolute Gasteiger partial charge is 0.0411 e. The molecule has 2 rings (SSSR count). The molecule has 0 saturated heterocycles. The molecule has 0 aromatic heterocycles. The Morgan fingerprint density at radius 3 is 2.71 bits per heavy atom. The summed E-state index contributed by atoms with van der Waals surface area (Å²) in [6.45, 7) is 3.80. The largest absolute Gasteiger partial charge is 0.540 e. The van der Waals surface area contributed by atoms with Crippen molar-refractivity contribution in [2.24, 2.45) is 16.7 Å². The third kappa shape index (κ3) is 1.06. The van der Waals surface area contributed by atoms with Crippen LogP contribution in [0.5, 0.6) is 0 Å². The number of fused-ring (bicyclic) bond motifs is 1. The van der Waals surface area contributed by atoms with Gasteiger partial charge < -0.3 is 11.7 Å². The molecule has 2 aliphatic carbocycles. The Bertz CT molecular complexity index is 355. The quantitative estimate of drug-likeness (QED) is 0.707. The summed E-state index contributed by atoms with van der Waals surface area (Å²) in [6.07, 6.45) is 10.0. The van der Waals surface area contributed by atoms with Gasteiger partial charge in [-0.1, -0.05) is 24.3 Å². The van der Waals surface area contributed by atoms with E-state index in [0.717, 1.165) is 0 Å². The van der Waals surface area contributed by atoms with Crippen LogP contribution >= 0.6 is 0 Å². The Morgan fingerprint density at radius 2 is 2.29 bits per heavy atom. The second-order valence-corrected chi connectivity index (χ2v) is 3.53. The first-order valence-electron chi connectivity index (χ1n) is 4.23. The van der Waals surface area contributed by atoms with Gasteiger partial charge in [0.2, 0.25) is 0 Å². The molecule has 69 valence electrons. The maximum atomic E-state index is 10.8. The van der Waals surface area contributed by atoms with Crippen molar-refractivity contribution in [2.45, 2.75) is 6.42 Å². The van der Waals surface area contributed by atoms with Crippen LogP contribution in [0.15, 0.2) is 24.3 Å². The molecule has 0 aromatic carbocycles. The minimum atomic E-state index is -0.960. The zero-order valence-corrected chi connectivity index (χ0v) is 10.6. The molecule has 0 spiro atoms. The minimum absolute atomic E-state index is 0. The number of nitriles is 1. The van der Waals surface area contributed by atoms with Crippen molar-refractivity contribution in [1.82, 2.24) is 0 Å². The van der Waals surface area contributed by atoms with E-state index in [2.05, 4.69) is 13.0 Å². The van der Waals surface area contributed by atoms with E-state index in [9.17, 15) is 4.79 Å². The molecule has 0 heterocycles. The molecule has 0 aliphatic heterocycles. The third-order valence-electron chi connectivity index (χ3n) is 3.23. The second-order valence-electron chi connectivity index (χ2n) is 3.53. The summed E-state index contributed by atoms with van der Waals surface area (Å²) in [4.78, 5) is 10.8. The molecule has 1 radical (unpaired) electrons. The van der Waals surface area contributed by atoms with Gasteiger partial charge in [-0.2, -0.15) is 6.42 Å². The Labute approximate surface area is 109 Å². The summed E-state index contributed by atoms with van der Waals surface area (Å²) in [6, 6.07) is 2.07. The second kappa shape index (κ2) is 3.72. The van der Waals surface area contributed by atoms with Gasteiger partial charge in [0.05, 0.1) is 0 Å². The standard InChI is InChI=1S/C11H9NO.Y/c1-2-10-6-4-3-5-9(10)11(10,7-12)8-13;/h3-6,9H,1-2H2;/q-2;/t9-,10+,11+;/m0./s1. The van der Waals surface area contributed by atoms with Crippen LogP contribution in [0.2, 0.25) is 0 Å². The molecule has 1 saturated carbocycles. The van der Waals surface area contributed by atoms with E-state index in [4.69, 9.17) is 5.26 Å². The van der Waals surface area contributed by atoms with Gasteiger partial charge in [-0.25, -0.2) is 11.5 Å². The van der Waals surface area contributed by atoms with Gasteiger partial charge in [-0.3, -0.25) is 0 Å². The van der Waals surface area contributed by atoms with Crippen molar-refractivity contribution >= 4 is 6.29 Å². The fourth-order valence-corrected chi connectivity index (χ4v) is 2.33. The summed E-state index contributed by atoms with van der Waals surface area (Å²) in [7, 11) is 0. The SMILES string of the molecule is [CH2-]C[C@@]12C=CC=C[C@@H]1[C@@]2(C#N)[C-]=O.[Y]. The molecule has 0 bridgehead atoms. The van der Waals surface area contributed by atoms with Crippen LogP contribution in [0.3, 0.4) is 0 Å². The molecule has 0 amide bonds. The minimum Gasteiger partial charge on any atom is -0.540 e. The van der Waals surface area contributed by atoms with Gasteiger partial charge >= 0.3 is 0 Å². The zero-order valence-electron chi connectivity index (χ0n) is 7.73. The van der Waals surface area contributed by atoms with Crippen LogP contribution in [-0.2, 0) is 37.5 Å². The summed E-state index contributed by atoms with van der Waals surface area (Å²) in [5, 5.41) is 8.98. The molecule has 2 nitrogen and oxygen atoms in total. The Morgan fingerprint density at radius 1 is 1.57 bits per heavy atom. The molecule has 1 fully saturated rings. The van der Waals surface area contributed by atoms with Crippen molar-refractivity contribution < 1.29 is 37.5 Å². The van der Waals surface area contributed by atoms with Crippen LogP contribution in [0.25, 0.3) is 0 Å². The Balaban J connectivity index is 0.000000980.